The molecule has 0 saturated heterocycles. The van der Waals surface area contributed by atoms with Gasteiger partial charge in [-0.2, -0.15) is 8.42 Å². The molecule has 6 aromatic rings. The maximum Gasteiger partial charge on any atom is 0.394 e. The first-order valence-electron chi connectivity index (χ1n) is 15.1. The summed E-state index contributed by atoms with van der Waals surface area (Å²) < 4.78 is 38.5. The van der Waals surface area contributed by atoms with Crippen molar-refractivity contribution in [3.8, 4) is 11.5 Å². The standard InChI is InChI=1S/C40H34O.H2O4S/c1-5-15-31(16-6-1)27-35-23-13-25-39(37(35)29-33-19-9-3-10-20-33)41-40-26-14-24-36(28-32-17-7-2-8-18-32)38(40)30-34-21-11-4-12-22-34;1-5(2,3)4/h1-26H,27-30H2;(H2,1,2,3,4). The summed E-state index contributed by atoms with van der Waals surface area (Å²) >= 11 is 0. The summed E-state index contributed by atoms with van der Waals surface area (Å²) in [7, 11) is -4.67. The molecule has 0 amide bonds. The Balaban J connectivity index is 0.000000775. The van der Waals surface area contributed by atoms with Crippen LogP contribution >= 0.6 is 0 Å². The summed E-state index contributed by atoms with van der Waals surface area (Å²) in [6.45, 7) is 0. The van der Waals surface area contributed by atoms with E-state index in [9.17, 15) is 0 Å². The van der Waals surface area contributed by atoms with E-state index in [1.807, 2.05) is 0 Å². The quantitative estimate of drug-likeness (QED) is 0.148. The molecule has 0 atom stereocenters. The van der Waals surface area contributed by atoms with Crippen LogP contribution in [0.3, 0.4) is 0 Å². The Morgan fingerprint density at radius 1 is 0.391 bits per heavy atom. The maximum atomic E-state index is 8.74. The molecule has 0 aliphatic rings. The Morgan fingerprint density at radius 3 is 0.978 bits per heavy atom. The second kappa shape index (κ2) is 15.8. The zero-order valence-electron chi connectivity index (χ0n) is 25.4. The number of ether oxygens (including phenoxy) is 1. The van der Waals surface area contributed by atoms with Gasteiger partial charge in [-0.1, -0.05) is 146 Å². The van der Waals surface area contributed by atoms with Gasteiger partial charge in [0.2, 0.25) is 0 Å². The van der Waals surface area contributed by atoms with Gasteiger partial charge in [0, 0.05) is 24.0 Å². The summed E-state index contributed by atoms with van der Waals surface area (Å²) in [5, 5.41) is 0. The molecule has 0 aromatic heterocycles. The van der Waals surface area contributed by atoms with Crippen LogP contribution in [0.15, 0.2) is 158 Å². The molecule has 5 nitrogen and oxygen atoms in total. The second-order valence-electron chi connectivity index (χ2n) is 11.0. The highest BCUT2D eigenvalue weighted by Gasteiger charge is 2.16. The molecular formula is C40H36O5S. The summed E-state index contributed by atoms with van der Waals surface area (Å²) in [4.78, 5) is 0. The van der Waals surface area contributed by atoms with Crippen molar-refractivity contribution in [2.75, 3.05) is 0 Å². The Morgan fingerprint density at radius 2 is 0.674 bits per heavy atom. The van der Waals surface area contributed by atoms with Crippen LogP contribution in [-0.4, -0.2) is 17.5 Å². The SMILES string of the molecule is O=S(=O)(O)O.c1ccc(Cc2cccc(Oc3cccc(Cc4ccccc4)c3Cc3ccccc3)c2Cc2ccccc2)cc1. The lowest BCUT2D eigenvalue weighted by molar-refractivity contribution is 0.381. The lowest BCUT2D eigenvalue weighted by Crippen LogP contribution is -2.04. The third kappa shape index (κ3) is 10.0. The van der Waals surface area contributed by atoms with Crippen LogP contribution in [0.4, 0.5) is 0 Å². The average Bonchev–Trinajstić information content (AvgIpc) is 3.05. The van der Waals surface area contributed by atoms with Crippen molar-refractivity contribution in [3.05, 3.63) is 202 Å². The molecule has 2 N–H and O–H groups in total. The molecular weight excluding hydrogens is 593 g/mol. The van der Waals surface area contributed by atoms with Crippen molar-refractivity contribution in [1.82, 2.24) is 0 Å². The van der Waals surface area contributed by atoms with E-state index < -0.39 is 10.4 Å². The summed E-state index contributed by atoms with van der Waals surface area (Å²) in [5.41, 5.74) is 10.2. The fourth-order valence-corrected chi connectivity index (χ4v) is 5.50. The smallest absolute Gasteiger partial charge is 0.394 e. The predicted octanol–water partition coefficient (Wildman–Crippen LogP) is 9.19. The topological polar surface area (TPSA) is 83.8 Å². The fourth-order valence-electron chi connectivity index (χ4n) is 5.50. The van der Waals surface area contributed by atoms with E-state index in [4.69, 9.17) is 22.3 Å². The molecule has 0 saturated carbocycles. The molecule has 0 heterocycles. The van der Waals surface area contributed by atoms with Crippen LogP contribution in [0.1, 0.15) is 44.5 Å². The molecule has 6 rings (SSSR count). The van der Waals surface area contributed by atoms with Crippen LogP contribution in [-0.2, 0) is 36.1 Å². The van der Waals surface area contributed by atoms with Crippen molar-refractivity contribution in [2.24, 2.45) is 0 Å². The van der Waals surface area contributed by atoms with E-state index in [2.05, 4.69) is 158 Å². The highest BCUT2D eigenvalue weighted by atomic mass is 32.3. The summed E-state index contributed by atoms with van der Waals surface area (Å²) in [6, 6.07) is 55.8. The van der Waals surface area contributed by atoms with Crippen molar-refractivity contribution < 1.29 is 22.3 Å². The predicted molar refractivity (Wildman–Crippen MR) is 184 cm³/mol. The number of benzene rings is 6. The van der Waals surface area contributed by atoms with E-state index in [-0.39, 0.29) is 0 Å². The molecule has 0 unspecified atom stereocenters. The normalized spacial score (nSPS) is 10.9. The average molecular weight is 629 g/mol. The van der Waals surface area contributed by atoms with E-state index in [0.29, 0.717) is 0 Å². The Hall–Kier alpha value is -5.01. The third-order valence-electron chi connectivity index (χ3n) is 7.60. The van der Waals surface area contributed by atoms with Crippen molar-refractivity contribution in [3.63, 3.8) is 0 Å². The van der Waals surface area contributed by atoms with Crippen molar-refractivity contribution in [1.29, 1.82) is 0 Å². The molecule has 6 aromatic carbocycles. The van der Waals surface area contributed by atoms with Crippen molar-refractivity contribution in [2.45, 2.75) is 25.7 Å². The molecule has 232 valence electrons. The molecule has 0 radical (unpaired) electrons. The van der Waals surface area contributed by atoms with Crippen LogP contribution in [0.25, 0.3) is 0 Å². The van der Waals surface area contributed by atoms with E-state index >= 15 is 0 Å². The minimum Gasteiger partial charge on any atom is -0.457 e. The fraction of sp³-hybridized carbons (Fsp3) is 0.100. The zero-order valence-corrected chi connectivity index (χ0v) is 26.2. The number of hydrogen-bond acceptors (Lipinski definition) is 3. The first-order valence-corrected chi connectivity index (χ1v) is 16.5. The molecule has 6 heteroatoms. The van der Waals surface area contributed by atoms with Gasteiger partial charge in [0.15, 0.2) is 0 Å². The minimum atomic E-state index is -4.67. The van der Waals surface area contributed by atoms with Gasteiger partial charge in [0.1, 0.15) is 11.5 Å². The molecule has 0 aliphatic heterocycles. The van der Waals surface area contributed by atoms with Gasteiger partial charge >= 0.3 is 10.4 Å². The van der Waals surface area contributed by atoms with Gasteiger partial charge in [0.05, 0.1) is 0 Å². The van der Waals surface area contributed by atoms with Crippen LogP contribution in [0.5, 0.6) is 11.5 Å². The van der Waals surface area contributed by atoms with E-state index in [0.717, 1.165) is 37.2 Å². The number of hydrogen-bond donors (Lipinski definition) is 2. The van der Waals surface area contributed by atoms with Gasteiger partial charge in [-0.3, -0.25) is 9.11 Å². The zero-order chi connectivity index (χ0) is 32.2. The third-order valence-corrected chi connectivity index (χ3v) is 7.60. The second-order valence-corrected chi connectivity index (χ2v) is 11.9. The van der Waals surface area contributed by atoms with Crippen LogP contribution in [0, 0.1) is 0 Å². The van der Waals surface area contributed by atoms with Gasteiger partial charge in [0.25, 0.3) is 0 Å². The van der Waals surface area contributed by atoms with Gasteiger partial charge in [-0.25, -0.2) is 0 Å². The summed E-state index contributed by atoms with van der Waals surface area (Å²) in [6.07, 6.45) is 3.37. The monoisotopic (exact) mass is 628 g/mol. The lowest BCUT2D eigenvalue weighted by Gasteiger charge is -2.20. The largest absolute Gasteiger partial charge is 0.457 e. The molecule has 0 fully saturated rings. The van der Waals surface area contributed by atoms with Crippen LogP contribution in [0.2, 0.25) is 0 Å². The lowest BCUT2D eigenvalue weighted by atomic mass is 9.93. The molecule has 46 heavy (non-hydrogen) atoms. The van der Waals surface area contributed by atoms with Gasteiger partial charge < -0.3 is 4.74 Å². The Bertz CT molecular complexity index is 1790. The molecule has 0 bridgehead atoms. The summed E-state index contributed by atoms with van der Waals surface area (Å²) in [5.74, 6) is 1.85. The molecule has 0 spiro atoms. The number of rotatable bonds is 10. The maximum absolute atomic E-state index is 8.74. The highest BCUT2D eigenvalue weighted by molar-refractivity contribution is 7.79. The Labute approximate surface area is 271 Å². The minimum absolute atomic E-state index is 0.816. The van der Waals surface area contributed by atoms with Crippen LogP contribution < -0.4 is 4.74 Å². The first kappa shape index (κ1) is 32.4. The first-order chi connectivity index (χ1) is 22.3. The van der Waals surface area contributed by atoms with Gasteiger partial charge in [-0.05, 0) is 58.4 Å². The van der Waals surface area contributed by atoms with E-state index in [1.165, 1.54) is 44.5 Å². The van der Waals surface area contributed by atoms with Crippen molar-refractivity contribution >= 4 is 10.4 Å². The Kier molecular flexibility index (Phi) is 11.1. The molecule has 0 aliphatic carbocycles. The van der Waals surface area contributed by atoms with E-state index in [1.54, 1.807) is 0 Å². The highest BCUT2D eigenvalue weighted by Crippen LogP contribution is 2.35. The van der Waals surface area contributed by atoms with Gasteiger partial charge in [-0.15, -0.1) is 0 Å².